The fourth-order valence-electron chi connectivity index (χ4n) is 1.50. The number of nitrogens with zero attached hydrogens (tertiary/aromatic N) is 2. The highest BCUT2D eigenvalue weighted by molar-refractivity contribution is 6.34. The molecule has 16 heavy (non-hydrogen) atoms. The van der Waals surface area contributed by atoms with E-state index in [1.165, 1.54) is 4.90 Å². The number of nitrogens with one attached hydrogen (secondary N) is 1. The van der Waals surface area contributed by atoms with Crippen molar-refractivity contribution >= 4 is 11.8 Å². The molecule has 0 aliphatic carbocycles. The van der Waals surface area contributed by atoms with Gasteiger partial charge in [0.25, 0.3) is 0 Å². The maximum atomic E-state index is 11.8. The Labute approximate surface area is 95.5 Å². The molecule has 1 N–H and O–H groups in total. The van der Waals surface area contributed by atoms with Crippen LogP contribution in [0.15, 0.2) is 0 Å². The summed E-state index contributed by atoms with van der Waals surface area (Å²) < 4.78 is 4.86. The Kier molecular flexibility index (Phi) is 5.21. The summed E-state index contributed by atoms with van der Waals surface area (Å²) in [4.78, 5) is 26.5. The van der Waals surface area contributed by atoms with Crippen molar-refractivity contribution in [2.75, 3.05) is 53.5 Å². The van der Waals surface area contributed by atoms with E-state index in [0.717, 1.165) is 13.1 Å². The molecular formula is C10H19N3O3. The van der Waals surface area contributed by atoms with Crippen molar-refractivity contribution in [3.63, 3.8) is 0 Å². The Morgan fingerprint density at radius 2 is 2.00 bits per heavy atom. The van der Waals surface area contributed by atoms with E-state index in [-0.39, 0.29) is 0 Å². The van der Waals surface area contributed by atoms with Gasteiger partial charge < -0.3 is 19.9 Å². The van der Waals surface area contributed by atoms with Crippen molar-refractivity contribution in [3.05, 3.63) is 0 Å². The van der Waals surface area contributed by atoms with Crippen molar-refractivity contribution in [1.29, 1.82) is 0 Å². The Morgan fingerprint density at radius 1 is 1.38 bits per heavy atom. The first kappa shape index (κ1) is 12.9. The Bertz CT molecular complexity index is 252. The van der Waals surface area contributed by atoms with Crippen molar-refractivity contribution in [2.24, 2.45) is 0 Å². The number of carbonyl (C=O) groups excluding carboxylic acids is 2. The number of ether oxygens (including phenoxy) is 1. The number of hydrogen-bond donors (Lipinski definition) is 1. The molecule has 0 radical (unpaired) electrons. The fourth-order valence-corrected chi connectivity index (χ4v) is 1.50. The fraction of sp³-hybridized carbons (Fsp3) is 0.800. The number of hydrogen-bond acceptors (Lipinski definition) is 4. The number of amides is 2. The van der Waals surface area contributed by atoms with Crippen LogP contribution in [0, 0.1) is 0 Å². The third-order valence-electron chi connectivity index (χ3n) is 2.56. The summed E-state index contributed by atoms with van der Waals surface area (Å²) in [5.41, 5.74) is 0. The minimum atomic E-state index is -0.459. The number of carbonyl (C=O) groups is 2. The first-order valence-electron chi connectivity index (χ1n) is 5.41. The second-order valence-electron chi connectivity index (χ2n) is 3.76. The third-order valence-corrected chi connectivity index (χ3v) is 2.56. The average Bonchev–Trinajstić information content (AvgIpc) is 2.35. The van der Waals surface area contributed by atoms with Gasteiger partial charge in [-0.2, -0.15) is 0 Å². The van der Waals surface area contributed by atoms with Gasteiger partial charge in [0.1, 0.15) is 0 Å². The van der Waals surface area contributed by atoms with Crippen LogP contribution in [-0.2, 0) is 14.3 Å². The molecular weight excluding hydrogens is 210 g/mol. The van der Waals surface area contributed by atoms with Gasteiger partial charge in [-0.3, -0.25) is 9.59 Å². The van der Waals surface area contributed by atoms with Crippen molar-refractivity contribution in [1.82, 2.24) is 15.1 Å². The van der Waals surface area contributed by atoms with Gasteiger partial charge in [0.15, 0.2) is 0 Å². The summed E-state index contributed by atoms with van der Waals surface area (Å²) >= 11 is 0. The predicted octanol–water partition coefficient (Wildman–Crippen LogP) is -1.48. The van der Waals surface area contributed by atoms with Crippen LogP contribution in [0.4, 0.5) is 0 Å². The van der Waals surface area contributed by atoms with E-state index < -0.39 is 11.8 Å². The van der Waals surface area contributed by atoms with Crippen LogP contribution in [0.3, 0.4) is 0 Å². The van der Waals surface area contributed by atoms with Gasteiger partial charge >= 0.3 is 11.8 Å². The Hall–Kier alpha value is -1.14. The summed E-state index contributed by atoms with van der Waals surface area (Å²) in [6.07, 6.45) is 0. The van der Waals surface area contributed by atoms with Crippen LogP contribution < -0.4 is 5.32 Å². The molecule has 0 unspecified atom stereocenters. The summed E-state index contributed by atoms with van der Waals surface area (Å²) in [5, 5.41) is 3.13. The van der Waals surface area contributed by atoms with Crippen LogP contribution in [0.1, 0.15) is 0 Å². The molecule has 0 spiro atoms. The SMILES string of the molecule is COCCN(C)C(=O)C(=O)N1CCNCC1. The van der Waals surface area contributed by atoms with Gasteiger partial charge in [0, 0.05) is 46.9 Å². The molecule has 1 heterocycles. The molecule has 0 aromatic carbocycles. The number of piperazine rings is 1. The van der Waals surface area contributed by atoms with Crippen LogP contribution in [0.5, 0.6) is 0 Å². The molecule has 1 fully saturated rings. The zero-order chi connectivity index (χ0) is 12.0. The summed E-state index contributed by atoms with van der Waals surface area (Å²) in [5.74, 6) is -0.876. The van der Waals surface area contributed by atoms with Gasteiger partial charge in [0.05, 0.1) is 6.61 Å². The van der Waals surface area contributed by atoms with Crippen molar-refractivity contribution in [2.45, 2.75) is 0 Å². The van der Waals surface area contributed by atoms with E-state index in [0.29, 0.717) is 26.2 Å². The number of rotatable bonds is 3. The average molecular weight is 229 g/mol. The van der Waals surface area contributed by atoms with Gasteiger partial charge in [-0.15, -0.1) is 0 Å². The predicted molar refractivity (Wildman–Crippen MR) is 59.0 cm³/mol. The highest BCUT2D eigenvalue weighted by Crippen LogP contribution is 1.97. The van der Waals surface area contributed by atoms with E-state index in [1.807, 2.05) is 0 Å². The molecule has 1 rings (SSSR count). The summed E-state index contributed by atoms with van der Waals surface area (Å²) in [6, 6.07) is 0. The molecule has 0 bridgehead atoms. The summed E-state index contributed by atoms with van der Waals surface area (Å²) in [7, 11) is 3.18. The molecule has 1 aliphatic rings. The number of likely N-dealkylation sites (N-methyl/N-ethyl adjacent to an activating group) is 1. The zero-order valence-electron chi connectivity index (χ0n) is 9.86. The topological polar surface area (TPSA) is 61.9 Å². The minimum absolute atomic E-state index is 0.417. The third kappa shape index (κ3) is 3.46. The normalized spacial score (nSPS) is 16.0. The lowest BCUT2D eigenvalue weighted by Crippen LogP contribution is -2.51. The van der Waals surface area contributed by atoms with E-state index >= 15 is 0 Å². The highest BCUT2D eigenvalue weighted by atomic mass is 16.5. The van der Waals surface area contributed by atoms with E-state index in [4.69, 9.17) is 4.74 Å². The first-order chi connectivity index (χ1) is 7.66. The standard InChI is InChI=1S/C10H19N3O3/c1-12(7-8-16-2)9(14)10(15)13-5-3-11-4-6-13/h11H,3-8H2,1-2H3. The lowest BCUT2D eigenvalue weighted by atomic mass is 10.3. The molecule has 6 heteroatoms. The van der Waals surface area contributed by atoms with Gasteiger partial charge in [0.2, 0.25) is 0 Å². The van der Waals surface area contributed by atoms with Crippen LogP contribution in [0.2, 0.25) is 0 Å². The van der Waals surface area contributed by atoms with Gasteiger partial charge in [-0.25, -0.2) is 0 Å². The minimum Gasteiger partial charge on any atom is -0.383 e. The van der Waals surface area contributed by atoms with E-state index in [1.54, 1.807) is 19.1 Å². The molecule has 2 amide bonds. The van der Waals surface area contributed by atoms with Crippen LogP contribution >= 0.6 is 0 Å². The van der Waals surface area contributed by atoms with Crippen LogP contribution in [0.25, 0.3) is 0 Å². The maximum absolute atomic E-state index is 11.8. The van der Waals surface area contributed by atoms with Crippen LogP contribution in [-0.4, -0.2) is 75.1 Å². The monoisotopic (exact) mass is 229 g/mol. The maximum Gasteiger partial charge on any atom is 0.312 e. The van der Waals surface area contributed by atoms with E-state index in [9.17, 15) is 9.59 Å². The second-order valence-corrected chi connectivity index (χ2v) is 3.76. The molecule has 0 aromatic rings. The molecule has 1 saturated heterocycles. The second kappa shape index (κ2) is 6.44. The van der Waals surface area contributed by atoms with Crippen molar-refractivity contribution < 1.29 is 14.3 Å². The Morgan fingerprint density at radius 3 is 2.56 bits per heavy atom. The Balaban J connectivity index is 2.42. The van der Waals surface area contributed by atoms with Crippen molar-refractivity contribution in [3.8, 4) is 0 Å². The molecule has 0 saturated carbocycles. The molecule has 0 atom stereocenters. The largest absolute Gasteiger partial charge is 0.383 e. The number of methoxy groups -OCH3 is 1. The van der Waals surface area contributed by atoms with E-state index in [2.05, 4.69) is 5.32 Å². The van der Waals surface area contributed by atoms with Gasteiger partial charge in [-0.05, 0) is 0 Å². The molecule has 6 nitrogen and oxygen atoms in total. The first-order valence-corrected chi connectivity index (χ1v) is 5.41. The quantitative estimate of drug-likeness (QED) is 0.600. The smallest absolute Gasteiger partial charge is 0.312 e. The summed E-state index contributed by atoms with van der Waals surface area (Å²) in [6.45, 7) is 3.58. The molecule has 1 aliphatic heterocycles. The lowest BCUT2D eigenvalue weighted by molar-refractivity contribution is -0.151. The highest BCUT2D eigenvalue weighted by Gasteiger charge is 2.25. The van der Waals surface area contributed by atoms with Gasteiger partial charge in [-0.1, -0.05) is 0 Å². The molecule has 0 aromatic heterocycles. The molecule has 92 valence electrons. The lowest BCUT2D eigenvalue weighted by Gasteiger charge is -2.28. The zero-order valence-corrected chi connectivity index (χ0v) is 9.86.